The number of carbonyl (C=O) groups excluding carboxylic acids is 2. The maximum atomic E-state index is 12.3. The molecule has 0 spiro atoms. The van der Waals surface area contributed by atoms with E-state index < -0.39 is 28.0 Å². The van der Waals surface area contributed by atoms with Gasteiger partial charge in [0.25, 0.3) is 5.91 Å². The number of benzene rings is 1. The second kappa shape index (κ2) is 8.02. The Morgan fingerprint density at radius 3 is 2.62 bits per heavy atom. The van der Waals surface area contributed by atoms with Gasteiger partial charge in [-0.3, -0.25) is 4.79 Å². The van der Waals surface area contributed by atoms with Crippen LogP contribution in [0.25, 0.3) is 0 Å². The van der Waals surface area contributed by atoms with Gasteiger partial charge in [-0.25, -0.2) is 18.4 Å². The molecule has 1 aromatic carbocycles. The number of rotatable bonds is 7. The molecule has 10 heteroatoms. The van der Waals surface area contributed by atoms with E-state index >= 15 is 0 Å². The van der Waals surface area contributed by atoms with Crippen LogP contribution in [0.5, 0.6) is 5.75 Å². The van der Waals surface area contributed by atoms with E-state index in [4.69, 9.17) is 19.0 Å². The molecule has 26 heavy (non-hydrogen) atoms. The number of nitrogens with one attached hydrogen (secondary N) is 1. The molecule has 9 nitrogen and oxygen atoms in total. The van der Waals surface area contributed by atoms with Crippen molar-refractivity contribution >= 4 is 21.9 Å². The van der Waals surface area contributed by atoms with Crippen molar-refractivity contribution in [2.75, 3.05) is 7.11 Å². The lowest BCUT2D eigenvalue weighted by Crippen LogP contribution is -2.35. The Labute approximate surface area is 150 Å². The average molecular weight is 382 g/mol. The zero-order valence-electron chi connectivity index (χ0n) is 14.1. The molecule has 0 saturated heterocycles. The first-order chi connectivity index (χ1) is 12.2. The number of esters is 1. The van der Waals surface area contributed by atoms with Gasteiger partial charge in [0.2, 0.25) is 10.0 Å². The topological polar surface area (TPSA) is 138 Å². The maximum absolute atomic E-state index is 12.3. The molecule has 0 aliphatic carbocycles. The highest BCUT2D eigenvalue weighted by molar-refractivity contribution is 7.89. The third kappa shape index (κ3) is 4.83. The van der Waals surface area contributed by atoms with E-state index in [9.17, 15) is 18.0 Å². The molecule has 3 N–H and O–H groups in total. The molecular weight excluding hydrogens is 364 g/mol. The summed E-state index contributed by atoms with van der Waals surface area (Å²) >= 11 is 0. The lowest BCUT2D eigenvalue weighted by atomic mass is 10.2. The average Bonchev–Trinajstić information content (AvgIpc) is 3.11. The van der Waals surface area contributed by atoms with Crippen molar-refractivity contribution in [3.63, 3.8) is 0 Å². The normalized spacial score (nSPS) is 12.3. The van der Waals surface area contributed by atoms with Crippen molar-refractivity contribution < 1.29 is 31.9 Å². The van der Waals surface area contributed by atoms with Crippen molar-refractivity contribution in [1.29, 1.82) is 0 Å². The highest BCUT2D eigenvalue weighted by atomic mass is 32.2. The van der Waals surface area contributed by atoms with Crippen molar-refractivity contribution in [2.45, 2.75) is 24.5 Å². The van der Waals surface area contributed by atoms with Crippen molar-refractivity contribution in [2.24, 2.45) is 5.14 Å². The Morgan fingerprint density at radius 2 is 2.04 bits per heavy atom. The first-order valence-electron chi connectivity index (χ1n) is 7.44. The highest BCUT2D eigenvalue weighted by Gasteiger charge is 2.23. The minimum Gasteiger partial charge on any atom is -0.496 e. The molecule has 0 aliphatic heterocycles. The van der Waals surface area contributed by atoms with Crippen LogP contribution in [-0.4, -0.2) is 33.5 Å². The van der Waals surface area contributed by atoms with Gasteiger partial charge in [0.05, 0.1) is 24.8 Å². The second-order valence-corrected chi connectivity index (χ2v) is 6.81. The van der Waals surface area contributed by atoms with E-state index in [0.717, 1.165) is 6.07 Å². The van der Waals surface area contributed by atoms with Crippen LogP contribution in [0.15, 0.2) is 45.9 Å². The molecule has 0 fully saturated rings. The molecule has 1 aromatic heterocycles. The lowest BCUT2D eigenvalue weighted by molar-refractivity contribution is -0.129. The summed E-state index contributed by atoms with van der Waals surface area (Å²) in [7, 11) is -2.71. The van der Waals surface area contributed by atoms with Gasteiger partial charge in [-0.15, -0.1) is 0 Å². The summed E-state index contributed by atoms with van der Waals surface area (Å²) in [5, 5.41) is 7.61. The summed E-state index contributed by atoms with van der Waals surface area (Å²) in [6.45, 7) is 1.52. The molecule has 0 bridgehead atoms. The van der Waals surface area contributed by atoms with E-state index in [1.807, 2.05) is 0 Å². The molecule has 0 aliphatic rings. The third-order valence-corrected chi connectivity index (χ3v) is 4.30. The standard InChI is InChI=1S/C16H18N2O7S/c1-10(15(19)18-9-11-4-3-7-24-11)25-16(20)13-8-12(26(17,21)22)5-6-14(13)23-2/h3-8,10H,9H2,1-2H3,(H,18,19)(H2,17,21,22). The zero-order valence-corrected chi connectivity index (χ0v) is 14.9. The van der Waals surface area contributed by atoms with Crippen molar-refractivity contribution in [3.05, 3.63) is 47.9 Å². The van der Waals surface area contributed by atoms with Gasteiger partial charge in [-0.05, 0) is 37.3 Å². The predicted molar refractivity (Wildman–Crippen MR) is 89.8 cm³/mol. The molecule has 1 unspecified atom stereocenters. The number of hydrogen-bond donors (Lipinski definition) is 2. The fourth-order valence-corrected chi connectivity index (χ4v) is 2.57. The molecule has 0 saturated carbocycles. The van der Waals surface area contributed by atoms with Crippen LogP contribution in [-0.2, 0) is 26.1 Å². The number of furan rings is 1. The quantitative estimate of drug-likeness (QED) is 0.675. The highest BCUT2D eigenvalue weighted by Crippen LogP contribution is 2.23. The van der Waals surface area contributed by atoms with Crippen LogP contribution in [0, 0.1) is 0 Å². The largest absolute Gasteiger partial charge is 0.496 e. The smallest absolute Gasteiger partial charge is 0.342 e. The third-order valence-electron chi connectivity index (χ3n) is 3.39. The summed E-state index contributed by atoms with van der Waals surface area (Å²) < 4.78 is 38.1. The van der Waals surface area contributed by atoms with Crippen molar-refractivity contribution in [3.8, 4) is 5.75 Å². The monoisotopic (exact) mass is 382 g/mol. The number of methoxy groups -OCH3 is 1. The number of carbonyl (C=O) groups is 2. The van der Waals surface area contributed by atoms with Crippen LogP contribution >= 0.6 is 0 Å². The van der Waals surface area contributed by atoms with E-state index in [1.165, 1.54) is 32.4 Å². The van der Waals surface area contributed by atoms with Gasteiger partial charge in [-0.1, -0.05) is 0 Å². The van der Waals surface area contributed by atoms with Gasteiger partial charge in [-0.2, -0.15) is 0 Å². The van der Waals surface area contributed by atoms with Gasteiger partial charge in [0.15, 0.2) is 6.10 Å². The predicted octanol–water partition coefficient (Wildman–Crippen LogP) is 0.797. The fourth-order valence-electron chi connectivity index (χ4n) is 2.03. The minimum absolute atomic E-state index is 0.0885. The molecule has 1 amide bonds. The van der Waals surface area contributed by atoms with Crippen LogP contribution in [0.1, 0.15) is 23.0 Å². The van der Waals surface area contributed by atoms with Crippen molar-refractivity contribution in [1.82, 2.24) is 5.32 Å². The first kappa shape index (κ1) is 19.5. The summed E-state index contributed by atoms with van der Waals surface area (Å²) in [5.74, 6) is -0.839. The number of nitrogens with two attached hydrogens (primary N) is 1. The Kier molecular flexibility index (Phi) is 6.01. The number of hydrogen-bond acceptors (Lipinski definition) is 7. The number of ether oxygens (including phenoxy) is 2. The first-order valence-corrected chi connectivity index (χ1v) is 8.99. The van der Waals surface area contributed by atoms with E-state index in [0.29, 0.717) is 5.76 Å². The molecule has 2 rings (SSSR count). The lowest BCUT2D eigenvalue weighted by Gasteiger charge is -2.15. The summed E-state index contributed by atoms with van der Waals surface area (Å²) in [4.78, 5) is 24.0. The van der Waals surface area contributed by atoms with Crippen LogP contribution in [0.2, 0.25) is 0 Å². The summed E-state index contributed by atoms with van der Waals surface area (Å²) in [6, 6.07) is 6.86. The Hall–Kier alpha value is -2.85. The van der Waals surface area contributed by atoms with Crippen LogP contribution in [0.4, 0.5) is 0 Å². The number of amides is 1. The number of primary sulfonamides is 1. The molecule has 0 radical (unpaired) electrons. The molecular formula is C16H18N2O7S. The molecule has 2 aromatic rings. The molecule has 140 valence electrons. The zero-order chi connectivity index (χ0) is 19.3. The minimum atomic E-state index is -4.02. The Morgan fingerprint density at radius 1 is 1.31 bits per heavy atom. The SMILES string of the molecule is COc1ccc(S(N)(=O)=O)cc1C(=O)OC(C)C(=O)NCc1ccco1. The molecule has 1 heterocycles. The fraction of sp³-hybridized carbons (Fsp3) is 0.250. The second-order valence-electron chi connectivity index (χ2n) is 5.25. The van der Waals surface area contributed by atoms with E-state index in [1.54, 1.807) is 12.1 Å². The number of sulfonamides is 1. The van der Waals surface area contributed by atoms with Crippen LogP contribution in [0.3, 0.4) is 0 Å². The van der Waals surface area contributed by atoms with Gasteiger partial charge in [0.1, 0.15) is 17.1 Å². The van der Waals surface area contributed by atoms with Crippen LogP contribution < -0.4 is 15.2 Å². The maximum Gasteiger partial charge on any atom is 0.342 e. The van der Waals surface area contributed by atoms with Gasteiger partial charge in [0, 0.05) is 0 Å². The Balaban J connectivity index is 2.09. The molecule has 1 atom stereocenters. The van der Waals surface area contributed by atoms with E-state index in [2.05, 4.69) is 5.32 Å². The van der Waals surface area contributed by atoms with E-state index in [-0.39, 0.29) is 22.8 Å². The Bertz CT molecular complexity index is 891. The van der Waals surface area contributed by atoms with Gasteiger partial charge >= 0.3 is 5.97 Å². The van der Waals surface area contributed by atoms with Gasteiger partial charge < -0.3 is 19.2 Å². The summed E-state index contributed by atoms with van der Waals surface area (Å²) in [6.07, 6.45) is 0.343. The summed E-state index contributed by atoms with van der Waals surface area (Å²) in [5.41, 5.74) is -0.162.